The van der Waals surface area contributed by atoms with Gasteiger partial charge in [0.25, 0.3) is 0 Å². The number of rotatable bonds is 0. The SMILES string of the molecule is C.CC.CC1C(C)C2CCCCC12. The van der Waals surface area contributed by atoms with Crippen molar-refractivity contribution in [2.24, 2.45) is 23.7 Å². The van der Waals surface area contributed by atoms with Crippen LogP contribution in [0.2, 0.25) is 0 Å². The second kappa shape index (κ2) is 5.67. The summed E-state index contributed by atoms with van der Waals surface area (Å²) in [5, 5.41) is 0. The first-order chi connectivity index (χ1) is 5.80. The van der Waals surface area contributed by atoms with Crippen molar-refractivity contribution < 1.29 is 0 Å². The Kier molecular flexibility index (Phi) is 5.67. The van der Waals surface area contributed by atoms with Crippen molar-refractivity contribution in [2.75, 3.05) is 0 Å². The van der Waals surface area contributed by atoms with Gasteiger partial charge in [0.05, 0.1) is 0 Å². The Hall–Kier alpha value is 0. The second-order valence-electron chi connectivity index (χ2n) is 4.33. The molecule has 0 aromatic heterocycles. The molecule has 0 saturated heterocycles. The molecule has 0 spiro atoms. The molecular weight excluding hydrogens is 156 g/mol. The molecular formula is C13H28. The van der Waals surface area contributed by atoms with E-state index < -0.39 is 0 Å². The van der Waals surface area contributed by atoms with Gasteiger partial charge in [0.15, 0.2) is 0 Å². The predicted molar refractivity (Wildman–Crippen MR) is 61.9 cm³/mol. The maximum atomic E-state index is 2.44. The Morgan fingerprint density at radius 3 is 1.38 bits per heavy atom. The summed E-state index contributed by atoms with van der Waals surface area (Å²) in [6.07, 6.45) is 6.10. The summed E-state index contributed by atoms with van der Waals surface area (Å²) in [7, 11) is 0. The van der Waals surface area contributed by atoms with Crippen LogP contribution < -0.4 is 0 Å². The van der Waals surface area contributed by atoms with Gasteiger partial charge in [-0.1, -0.05) is 48.0 Å². The quantitative estimate of drug-likeness (QED) is 0.510. The maximum Gasteiger partial charge on any atom is -0.0355 e. The lowest BCUT2D eigenvalue weighted by Gasteiger charge is -2.52. The van der Waals surface area contributed by atoms with Crippen molar-refractivity contribution in [2.45, 2.75) is 60.8 Å². The highest BCUT2D eigenvalue weighted by molar-refractivity contribution is 4.94. The lowest BCUT2D eigenvalue weighted by Crippen LogP contribution is -2.45. The molecule has 2 rings (SSSR count). The molecule has 0 aromatic carbocycles. The van der Waals surface area contributed by atoms with E-state index in [0.29, 0.717) is 0 Å². The molecule has 2 aliphatic carbocycles. The average Bonchev–Trinajstić information content (AvgIpc) is 2.19. The van der Waals surface area contributed by atoms with Crippen LogP contribution in [0.4, 0.5) is 0 Å². The summed E-state index contributed by atoms with van der Waals surface area (Å²) in [4.78, 5) is 0. The number of fused-ring (bicyclic) bond motifs is 1. The molecule has 0 N–H and O–H groups in total. The van der Waals surface area contributed by atoms with Crippen molar-refractivity contribution in [1.82, 2.24) is 0 Å². The molecule has 4 unspecified atom stereocenters. The zero-order valence-corrected chi connectivity index (χ0v) is 9.14. The molecule has 0 radical (unpaired) electrons. The highest BCUT2D eigenvalue weighted by atomic mass is 14.5. The molecule has 0 nitrogen and oxygen atoms in total. The molecule has 0 aromatic rings. The van der Waals surface area contributed by atoms with E-state index in [9.17, 15) is 0 Å². The Balaban J connectivity index is 0.000000451. The number of hydrogen-bond acceptors (Lipinski definition) is 0. The first kappa shape index (κ1) is 13.0. The van der Waals surface area contributed by atoms with E-state index in [-0.39, 0.29) is 7.43 Å². The Labute approximate surface area is 85.1 Å². The van der Waals surface area contributed by atoms with Gasteiger partial charge >= 0.3 is 0 Å². The van der Waals surface area contributed by atoms with Crippen LogP contribution in [0.5, 0.6) is 0 Å². The summed E-state index contributed by atoms with van der Waals surface area (Å²) in [5.41, 5.74) is 0. The minimum atomic E-state index is 0. The molecule has 0 heteroatoms. The van der Waals surface area contributed by atoms with E-state index in [2.05, 4.69) is 13.8 Å². The number of hydrogen-bond donors (Lipinski definition) is 0. The summed E-state index contributed by atoms with van der Waals surface area (Å²) in [6, 6.07) is 0. The fourth-order valence-electron chi connectivity index (χ4n) is 3.13. The van der Waals surface area contributed by atoms with Gasteiger partial charge in [-0.3, -0.25) is 0 Å². The van der Waals surface area contributed by atoms with Crippen molar-refractivity contribution in [1.29, 1.82) is 0 Å². The summed E-state index contributed by atoms with van der Waals surface area (Å²) in [6.45, 7) is 8.88. The highest BCUT2D eigenvalue weighted by Gasteiger charge is 2.45. The third kappa shape index (κ3) is 2.27. The third-order valence-corrected chi connectivity index (χ3v) is 4.05. The van der Waals surface area contributed by atoms with Gasteiger partial charge in [0.1, 0.15) is 0 Å². The highest BCUT2D eigenvalue weighted by Crippen LogP contribution is 2.52. The van der Waals surface area contributed by atoms with Crippen LogP contribution >= 0.6 is 0 Å². The first-order valence-electron chi connectivity index (χ1n) is 5.80. The molecule has 0 aliphatic heterocycles. The largest absolute Gasteiger partial charge is 0.0776 e. The molecule has 2 saturated carbocycles. The fourth-order valence-corrected chi connectivity index (χ4v) is 3.13. The van der Waals surface area contributed by atoms with Crippen LogP contribution in [0.3, 0.4) is 0 Å². The van der Waals surface area contributed by atoms with Crippen molar-refractivity contribution in [3.8, 4) is 0 Å². The van der Waals surface area contributed by atoms with Gasteiger partial charge in [-0.05, 0) is 36.5 Å². The van der Waals surface area contributed by atoms with Crippen LogP contribution in [0.25, 0.3) is 0 Å². The third-order valence-electron chi connectivity index (χ3n) is 4.05. The van der Waals surface area contributed by atoms with E-state index in [1.165, 1.54) is 25.7 Å². The van der Waals surface area contributed by atoms with Gasteiger partial charge in [0.2, 0.25) is 0 Å². The molecule has 0 heterocycles. The second-order valence-corrected chi connectivity index (χ2v) is 4.33. The van der Waals surface area contributed by atoms with Crippen LogP contribution in [-0.2, 0) is 0 Å². The lowest BCUT2D eigenvalue weighted by molar-refractivity contribution is -0.0305. The molecule has 4 atom stereocenters. The minimum absolute atomic E-state index is 0. The van der Waals surface area contributed by atoms with E-state index in [0.717, 1.165) is 23.7 Å². The monoisotopic (exact) mass is 184 g/mol. The van der Waals surface area contributed by atoms with Gasteiger partial charge in [0, 0.05) is 0 Å². The van der Waals surface area contributed by atoms with Crippen molar-refractivity contribution >= 4 is 0 Å². The minimum Gasteiger partial charge on any atom is -0.0776 e. The summed E-state index contributed by atoms with van der Waals surface area (Å²) >= 11 is 0. The standard InChI is InChI=1S/C10H18.C2H6.CH4/c1-7-8(2)10-6-4-3-5-9(7)10;1-2;/h7-10H,3-6H2,1-2H3;1-2H3;1H4. The molecule has 0 bridgehead atoms. The van der Waals surface area contributed by atoms with Crippen LogP contribution in [-0.4, -0.2) is 0 Å². The molecule has 2 aliphatic rings. The van der Waals surface area contributed by atoms with E-state index >= 15 is 0 Å². The van der Waals surface area contributed by atoms with Crippen LogP contribution in [0, 0.1) is 23.7 Å². The van der Waals surface area contributed by atoms with Gasteiger partial charge < -0.3 is 0 Å². The Bertz CT molecular complexity index is 112. The lowest BCUT2D eigenvalue weighted by atomic mass is 9.53. The van der Waals surface area contributed by atoms with Gasteiger partial charge in [-0.25, -0.2) is 0 Å². The summed E-state index contributed by atoms with van der Waals surface area (Å²) < 4.78 is 0. The average molecular weight is 184 g/mol. The van der Waals surface area contributed by atoms with Gasteiger partial charge in [-0.2, -0.15) is 0 Å². The summed E-state index contributed by atoms with van der Waals surface area (Å²) in [5.74, 6) is 4.35. The van der Waals surface area contributed by atoms with E-state index in [1.54, 1.807) is 0 Å². The molecule has 13 heavy (non-hydrogen) atoms. The van der Waals surface area contributed by atoms with Crippen LogP contribution in [0.1, 0.15) is 60.8 Å². The van der Waals surface area contributed by atoms with Crippen LogP contribution in [0.15, 0.2) is 0 Å². The zero-order chi connectivity index (χ0) is 9.14. The van der Waals surface area contributed by atoms with Gasteiger partial charge in [-0.15, -0.1) is 0 Å². The van der Waals surface area contributed by atoms with E-state index in [1.807, 2.05) is 13.8 Å². The Morgan fingerprint density at radius 2 is 1.08 bits per heavy atom. The zero-order valence-electron chi connectivity index (χ0n) is 9.14. The van der Waals surface area contributed by atoms with Crippen molar-refractivity contribution in [3.63, 3.8) is 0 Å². The molecule has 2 fully saturated rings. The topological polar surface area (TPSA) is 0 Å². The van der Waals surface area contributed by atoms with Crippen molar-refractivity contribution in [3.05, 3.63) is 0 Å². The normalized spacial score (nSPS) is 41.5. The maximum absolute atomic E-state index is 2.44. The fraction of sp³-hybridized carbons (Fsp3) is 1.00. The predicted octanol–water partition coefficient (Wildman–Crippen LogP) is 4.74. The van der Waals surface area contributed by atoms with E-state index in [4.69, 9.17) is 0 Å². The molecule has 0 amide bonds. The Morgan fingerprint density at radius 1 is 0.769 bits per heavy atom. The smallest absolute Gasteiger partial charge is 0.0355 e. The first-order valence-corrected chi connectivity index (χ1v) is 5.80. The molecule has 80 valence electrons.